The summed E-state index contributed by atoms with van der Waals surface area (Å²) in [5.41, 5.74) is 0. The highest BCUT2D eigenvalue weighted by Gasteiger charge is 2.04. The average molecular weight is 265 g/mol. The van der Waals surface area contributed by atoms with E-state index in [0.29, 0.717) is 12.2 Å². The summed E-state index contributed by atoms with van der Waals surface area (Å²) in [4.78, 5) is 7.92. The summed E-state index contributed by atoms with van der Waals surface area (Å²) >= 11 is 3.19. The molecule has 0 amide bonds. The third-order valence-electron chi connectivity index (χ3n) is 1.37. The predicted molar refractivity (Wildman–Crippen MR) is 53.1 cm³/mol. The van der Waals surface area contributed by atoms with Crippen molar-refractivity contribution in [3.8, 4) is 0 Å². The molecule has 0 aromatic carbocycles. The highest BCUT2D eigenvalue weighted by molar-refractivity contribution is 9.10. The van der Waals surface area contributed by atoms with Gasteiger partial charge in [-0.05, 0) is 15.9 Å². The third kappa shape index (κ3) is 4.33. The van der Waals surface area contributed by atoms with Crippen LogP contribution in [0.15, 0.2) is 16.9 Å². The van der Waals surface area contributed by atoms with Gasteiger partial charge in [-0.3, -0.25) is 0 Å². The highest BCUT2D eigenvalue weighted by Crippen LogP contribution is 2.04. The number of rotatable bonds is 3. The summed E-state index contributed by atoms with van der Waals surface area (Å²) < 4.78 is 22.4. The Morgan fingerprint density at radius 1 is 1.38 bits per heavy atom. The summed E-state index contributed by atoms with van der Waals surface area (Å²) in [6.45, 7) is 0. The van der Waals surface area contributed by atoms with Crippen molar-refractivity contribution in [3.05, 3.63) is 22.7 Å². The van der Waals surface area contributed by atoms with Crippen LogP contribution in [0.5, 0.6) is 0 Å². The van der Waals surface area contributed by atoms with Gasteiger partial charge in [0.1, 0.15) is 15.7 Å². The standard InChI is InChI=1S/C7H9BrN2O2S/c1-13(11,12)3-2-7-9-4-6(8)5-10-7/h4-5H,2-3H2,1H3. The summed E-state index contributed by atoms with van der Waals surface area (Å²) in [6, 6.07) is 0. The Morgan fingerprint density at radius 3 is 2.38 bits per heavy atom. The Bertz CT molecular complexity index is 374. The fourth-order valence-electron chi connectivity index (χ4n) is 0.745. The molecule has 0 radical (unpaired) electrons. The van der Waals surface area contributed by atoms with Crippen molar-refractivity contribution in [2.75, 3.05) is 12.0 Å². The maximum Gasteiger partial charge on any atom is 0.147 e. The minimum Gasteiger partial charge on any atom is -0.240 e. The van der Waals surface area contributed by atoms with Crippen molar-refractivity contribution in [1.29, 1.82) is 0 Å². The molecule has 6 heteroatoms. The molecule has 0 fully saturated rings. The number of hydrogen-bond acceptors (Lipinski definition) is 4. The maximum atomic E-state index is 10.8. The van der Waals surface area contributed by atoms with E-state index in [-0.39, 0.29) is 5.75 Å². The second-order valence-corrected chi connectivity index (χ2v) is 5.87. The number of nitrogens with zero attached hydrogens (tertiary/aromatic N) is 2. The number of aromatic nitrogens is 2. The third-order valence-corrected chi connectivity index (χ3v) is 2.73. The summed E-state index contributed by atoms with van der Waals surface area (Å²) in [6.07, 6.45) is 4.77. The molecule has 0 aliphatic heterocycles. The fraction of sp³-hybridized carbons (Fsp3) is 0.429. The number of hydrogen-bond donors (Lipinski definition) is 0. The van der Waals surface area contributed by atoms with E-state index in [4.69, 9.17) is 0 Å². The van der Waals surface area contributed by atoms with Gasteiger partial charge in [0.2, 0.25) is 0 Å². The Balaban J connectivity index is 2.61. The first-order valence-electron chi connectivity index (χ1n) is 3.61. The van der Waals surface area contributed by atoms with Crippen molar-refractivity contribution in [1.82, 2.24) is 9.97 Å². The zero-order valence-electron chi connectivity index (χ0n) is 7.07. The smallest absolute Gasteiger partial charge is 0.147 e. The van der Waals surface area contributed by atoms with Crippen molar-refractivity contribution >= 4 is 25.8 Å². The number of aryl methyl sites for hydroxylation is 1. The lowest BCUT2D eigenvalue weighted by molar-refractivity contribution is 0.600. The molecule has 1 aromatic heterocycles. The fourth-order valence-corrected chi connectivity index (χ4v) is 1.50. The van der Waals surface area contributed by atoms with Gasteiger partial charge in [-0.2, -0.15) is 0 Å². The van der Waals surface area contributed by atoms with Crippen LogP contribution in [0.3, 0.4) is 0 Å². The second-order valence-electron chi connectivity index (χ2n) is 2.70. The normalized spacial score (nSPS) is 11.5. The van der Waals surface area contributed by atoms with Gasteiger partial charge in [-0.15, -0.1) is 0 Å². The Labute approximate surface area is 85.5 Å². The van der Waals surface area contributed by atoms with Crippen molar-refractivity contribution in [2.24, 2.45) is 0 Å². The molecule has 1 aromatic rings. The van der Waals surface area contributed by atoms with Gasteiger partial charge in [0, 0.05) is 25.1 Å². The average Bonchev–Trinajstić information content (AvgIpc) is 2.02. The lowest BCUT2D eigenvalue weighted by Crippen LogP contribution is -2.08. The van der Waals surface area contributed by atoms with E-state index < -0.39 is 9.84 Å². The van der Waals surface area contributed by atoms with Gasteiger partial charge in [0.25, 0.3) is 0 Å². The molecule has 0 N–H and O–H groups in total. The SMILES string of the molecule is CS(=O)(=O)CCc1ncc(Br)cn1. The van der Waals surface area contributed by atoms with Crippen LogP contribution in [0, 0.1) is 0 Å². The van der Waals surface area contributed by atoms with Crippen LogP contribution in [0.2, 0.25) is 0 Å². The minimum absolute atomic E-state index is 0.0919. The highest BCUT2D eigenvalue weighted by atomic mass is 79.9. The molecule has 1 rings (SSSR count). The van der Waals surface area contributed by atoms with Gasteiger partial charge < -0.3 is 0 Å². The summed E-state index contributed by atoms with van der Waals surface area (Å²) in [7, 11) is -2.92. The van der Waals surface area contributed by atoms with E-state index in [9.17, 15) is 8.42 Å². The molecule has 0 aliphatic rings. The molecule has 0 unspecified atom stereocenters. The molecule has 1 heterocycles. The van der Waals surface area contributed by atoms with Crippen LogP contribution >= 0.6 is 15.9 Å². The minimum atomic E-state index is -2.92. The van der Waals surface area contributed by atoms with Crippen LogP contribution in [0.1, 0.15) is 5.82 Å². The van der Waals surface area contributed by atoms with Gasteiger partial charge in [-0.25, -0.2) is 18.4 Å². The monoisotopic (exact) mass is 264 g/mol. The molecule has 72 valence electrons. The molecule has 0 aliphatic carbocycles. The van der Waals surface area contributed by atoms with Gasteiger partial charge in [0.05, 0.1) is 10.2 Å². The number of sulfone groups is 1. The Kier molecular flexibility index (Phi) is 3.38. The topological polar surface area (TPSA) is 59.9 Å². The first-order chi connectivity index (χ1) is 5.97. The van der Waals surface area contributed by atoms with E-state index in [1.165, 1.54) is 6.26 Å². The van der Waals surface area contributed by atoms with Crippen LogP contribution < -0.4 is 0 Å². The van der Waals surface area contributed by atoms with E-state index in [0.717, 1.165) is 4.47 Å². The van der Waals surface area contributed by atoms with Gasteiger partial charge in [0.15, 0.2) is 0 Å². The van der Waals surface area contributed by atoms with Crippen LogP contribution in [0.25, 0.3) is 0 Å². The maximum absolute atomic E-state index is 10.8. The number of halogens is 1. The molecule has 0 saturated carbocycles. The first-order valence-corrected chi connectivity index (χ1v) is 6.47. The molecular formula is C7H9BrN2O2S. The molecular weight excluding hydrogens is 256 g/mol. The zero-order chi connectivity index (χ0) is 9.90. The zero-order valence-corrected chi connectivity index (χ0v) is 9.47. The van der Waals surface area contributed by atoms with Crippen LogP contribution in [-0.4, -0.2) is 30.4 Å². The van der Waals surface area contributed by atoms with Crippen LogP contribution in [-0.2, 0) is 16.3 Å². The quantitative estimate of drug-likeness (QED) is 0.812. The predicted octanol–water partition coefficient (Wildman–Crippen LogP) is 0.826. The summed E-state index contributed by atoms with van der Waals surface area (Å²) in [5.74, 6) is 0.642. The van der Waals surface area contributed by atoms with Gasteiger partial charge in [-0.1, -0.05) is 0 Å². The lowest BCUT2D eigenvalue weighted by atomic mass is 10.4. The van der Waals surface area contributed by atoms with Crippen molar-refractivity contribution < 1.29 is 8.42 Å². The Morgan fingerprint density at radius 2 is 1.92 bits per heavy atom. The van der Waals surface area contributed by atoms with Gasteiger partial charge >= 0.3 is 0 Å². The van der Waals surface area contributed by atoms with Crippen molar-refractivity contribution in [3.63, 3.8) is 0 Å². The molecule has 4 nitrogen and oxygen atoms in total. The summed E-state index contributed by atoms with van der Waals surface area (Å²) in [5, 5.41) is 0. The van der Waals surface area contributed by atoms with E-state index in [1.807, 2.05) is 0 Å². The second kappa shape index (κ2) is 4.15. The molecule has 0 bridgehead atoms. The van der Waals surface area contributed by atoms with E-state index >= 15 is 0 Å². The Hall–Kier alpha value is -0.490. The van der Waals surface area contributed by atoms with E-state index in [1.54, 1.807) is 12.4 Å². The largest absolute Gasteiger partial charge is 0.240 e. The molecule has 0 saturated heterocycles. The lowest BCUT2D eigenvalue weighted by Gasteiger charge is -1.97. The molecule has 0 spiro atoms. The van der Waals surface area contributed by atoms with E-state index in [2.05, 4.69) is 25.9 Å². The molecule has 13 heavy (non-hydrogen) atoms. The van der Waals surface area contributed by atoms with Crippen LogP contribution in [0.4, 0.5) is 0 Å². The molecule has 0 atom stereocenters. The first kappa shape index (κ1) is 10.6. The van der Waals surface area contributed by atoms with Crippen molar-refractivity contribution in [2.45, 2.75) is 6.42 Å².